The van der Waals surface area contributed by atoms with Gasteiger partial charge in [-0.05, 0) is 49.6 Å². The second kappa shape index (κ2) is 9.20. The van der Waals surface area contributed by atoms with Crippen molar-refractivity contribution in [2.24, 2.45) is 5.41 Å². The monoisotopic (exact) mass is 443 g/mol. The van der Waals surface area contributed by atoms with Crippen molar-refractivity contribution in [2.75, 3.05) is 18.4 Å². The van der Waals surface area contributed by atoms with Crippen LogP contribution in [0.5, 0.6) is 0 Å². The van der Waals surface area contributed by atoms with Crippen molar-refractivity contribution in [3.8, 4) is 0 Å². The maximum atomic E-state index is 13.0. The molecule has 31 heavy (non-hydrogen) atoms. The number of hydrogen-bond donors (Lipinski definition) is 2. The molecule has 0 bridgehead atoms. The fourth-order valence-corrected chi connectivity index (χ4v) is 5.05. The van der Waals surface area contributed by atoms with Crippen LogP contribution in [0, 0.1) is 12.3 Å². The highest BCUT2D eigenvalue weighted by Gasteiger charge is 2.40. The van der Waals surface area contributed by atoms with Gasteiger partial charge >= 0.3 is 0 Å². The molecule has 0 saturated carbocycles. The van der Waals surface area contributed by atoms with Gasteiger partial charge in [0, 0.05) is 37.7 Å². The second-order valence-electron chi connectivity index (χ2n) is 8.34. The number of anilines is 1. The first kappa shape index (κ1) is 23.0. The van der Waals surface area contributed by atoms with E-state index in [2.05, 4.69) is 10.6 Å². The van der Waals surface area contributed by atoms with Gasteiger partial charge in [-0.3, -0.25) is 9.59 Å². The summed E-state index contributed by atoms with van der Waals surface area (Å²) in [5.74, 6) is -0.267. The van der Waals surface area contributed by atoms with Gasteiger partial charge in [-0.2, -0.15) is 4.31 Å². The lowest BCUT2D eigenvalue weighted by atomic mass is 9.80. The van der Waals surface area contributed by atoms with Crippen LogP contribution in [0.15, 0.2) is 53.4 Å². The lowest BCUT2D eigenvalue weighted by molar-refractivity contribution is -0.132. The number of aryl methyl sites for hydroxylation is 1. The summed E-state index contributed by atoms with van der Waals surface area (Å²) in [6.07, 6.45) is 0.909. The predicted molar refractivity (Wildman–Crippen MR) is 120 cm³/mol. The Hall–Kier alpha value is -2.71. The number of carbonyl (C=O) groups is 2. The van der Waals surface area contributed by atoms with Crippen LogP contribution in [-0.4, -0.2) is 37.6 Å². The highest BCUT2D eigenvalue weighted by atomic mass is 32.2. The summed E-state index contributed by atoms with van der Waals surface area (Å²) in [5.41, 5.74) is 2.14. The lowest BCUT2D eigenvalue weighted by Gasteiger charge is -2.37. The van der Waals surface area contributed by atoms with Crippen LogP contribution in [0.1, 0.15) is 37.8 Å². The van der Waals surface area contributed by atoms with Crippen molar-refractivity contribution in [3.05, 3.63) is 59.7 Å². The van der Waals surface area contributed by atoms with E-state index < -0.39 is 15.4 Å². The highest BCUT2D eigenvalue weighted by molar-refractivity contribution is 7.89. The van der Waals surface area contributed by atoms with E-state index in [0.29, 0.717) is 25.1 Å². The van der Waals surface area contributed by atoms with Crippen molar-refractivity contribution >= 4 is 27.5 Å². The Morgan fingerprint density at radius 1 is 1.00 bits per heavy atom. The van der Waals surface area contributed by atoms with E-state index in [1.54, 1.807) is 12.1 Å². The van der Waals surface area contributed by atoms with Gasteiger partial charge in [0.25, 0.3) is 0 Å². The maximum Gasteiger partial charge on any atom is 0.243 e. The number of sulfonamides is 1. The molecule has 1 aliphatic heterocycles. The number of nitrogens with zero attached hydrogens (tertiary/aromatic N) is 1. The Balaban J connectivity index is 1.59. The number of rotatable bonds is 6. The molecule has 2 N–H and O–H groups in total. The van der Waals surface area contributed by atoms with Gasteiger partial charge in [-0.1, -0.05) is 36.8 Å². The number of amides is 2. The molecular weight excluding hydrogens is 414 g/mol. The Morgan fingerprint density at radius 2 is 1.58 bits per heavy atom. The fourth-order valence-electron chi connectivity index (χ4n) is 3.61. The third kappa shape index (κ3) is 5.51. The van der Waals surface area contributed by atoms with Crippen LogP contribution in [0.25, 0.3) is 0 Å². The molecule has 0 unspecified atom stereocenters. The lowest BCUT2D eigenvalue weighted by Crippen LogP contribution is -2.48. The normalized spacial score (nSPS) is 16.5. The molecule has 0 radical (unpaired) electrons. The number of carbonyl (C=O) groups excluding carboxylic acids is 2. The Labute approximate surface area is 183 Å². The minimum atomic E-state index is -3.65. The minimum absolute atomic E-state index is 0.0511. The zero-order valence-corrected chi connectivity index (χ0v) is 19.0. The molecule has 0 atom stereocenters. The van der Waals surface area contributed by atoms with Gasteiger partial charge in [0.05, 0.1) is 4.90 Å². The molecule has 8 heteroatoms. The van der Waals surface area contributed by atoms with E-state index in [0.717, 1.165) is 5.56 Å². The molecule has 1 heterocycles. The van der Waals surface area contributed by atoms with Crippen LogP contribution in [0.2, 0.25) is 0 Å². The molecule has 2 amide bonds. The molecule has 1 saturated heterocycles. The molecule has 0 spiro atoms. The van der Waals surface area contributed by atoms with Gasteiger partial charge in [0.1, 0.15) is 0 Å². The third-order valence-corrected chi connectivity index (χ3v) is 7.67. The zero-order valence-electron chi connectivity index (χ0n) is 18.1. The van der Waals surface area contributed by atoms with Crippen molar-refractivity contribution in [3.63, 3.8) is 0 Å². The van der Waals surface area contributed by atoms with Crippen LogP contribution in [-0.2, 0) is 26.2 Å². The summed E-state index contributed by atoms with van der Waals surface area (Å²) in [6, 6.07) is 14.1. The largest absolute Gasteiger partial charge is 0.352 e. The molecule has 0 aromatic heterocycles. The standard InChI is InChI=1S/C23H29N3O4S/c1-17-4-6-19(7-5-17)16-24-22(28)23(3)12-14-26(15-13-23)31(29,30)21-10-8-20(9-11-21)25-18(2)27/h4-11H,12-16H2,1-3H3,(H,24,28)(H,25,27). The Bertz CT molecular complexity index is 1040. The summed E-state index contributed by atoms with van der Waals surface area (Å²) >= 11 is 0. The van der Waals surface area contributed by atoms with E-state index in [1.807, 2.05) is 38.1 Å². The SMILES string of the molecule is CC(=O)Nc1ccc(S(=O)(=O)N2CCC(C)(C(=O)NCc3ccc(C)cc3)CC2)cc1. The van der Waals surface area contributed by atoms with E-state index in [-0.39, 0.29) is 29.8 Å². The van der Waals surface area contributed by atoms with Crippen molar-refractivity contribution < 1.29 is 18.0 Å². The average molecular weight is 444 g/mol. The van der Waals surface area contributed by atoms with E-state index >= 15 is 0 Å². The van der Waals surface area contributed by atoms with Crippen LogP contribution in [0.3, 0.4) is 0 Å². The fraction of sp³-hybridized carbons (Fsp3) is 0.391. The van der Waals surface area contributed by atoms with Crippen molar-refractivity contribution in [1.82, 2.24) is 9.62 Å². The minimum Gasteiger partial charge on any atom is -0.352 e. The first-order valence-corrected chi connectivity index (χ1v) is 11.8. The summed E-state index contributed by atoms with van der Waals surface area (Å²) in [5, 5.41) is 5.62. The predicted octanol–water partition coefficient (Wildman–Crippen LogP) is 3.06. The average Bonchev–Trinajstić information content (AvgIpc) is 2.73. The van der Waals surface area contributed by atoms with Crippen molar-refractivity contribution in [2.45, 2.75) is 45.1 Å². The molecule has 7 nitrogen and oxygen atoms in total. The topological polar surface area (TPSA) is 95.6 Å². The smallest absolute Gasteiger partial charge is 0.243 e. The quantitative estimate of drug-likeness (QED) is 0.717. The molecule has 1 aliphatic rings. The molecule has 3 rings (SSSR count). The molecule has 0 aliphatic carbocycles. The van der Waals surface area contributed by atoms with E-state index in [4.69, 9.17) is 0 Å². The van der Waals surface area contributed by atoms with Gasteiger partial charge < -0.3 is 10.6 Å². The van der Waals surface area contributed by atoms with Gasteiger partial charge in [-0.25, -0.2) is 8.42 Å². The molecular formula is C23H29N3O4S. The number of hydrogen-bond acceptors (Lipinski definition) is 4. The Morgan fingerprint density at radius 3 is 2.13 bits per heavy atom. The summed E-state index contributed by atoms with van der Waals surface area (Å²) in [7, 11) is -3.65. The summed E-state index contributed by atoms with van der Waals surface area (Å²) < 4.78 is 27.4. The number of nitrogens with one attached hydrogen (secondary N) is 2. The van der Waals surface area contributed by atoms with Crippen LogP contribution < -0.4 is 10.6 Å². The van der Waals surface area contributed by atoms with Gasteiger partial charge in [-0.15, -0.1) is 0 Å². The molecule has 166 valence electrons. The second-order valence-corrected chi connectivity index (χ2v) is 10.3. The number of benzene rings is 2. The third-order valence-electron chi connectivity index (χ3n) is 5.76. The molecule has 2 aromatic carbocycles. The first-order chi connectivity index (χ1) is 14.6. The summed E-state index contributed by atoms with van der Waals surface area (Å²) in [4.78, 5) is 24.1. The van der Waals surface area contributed by atoms with Crippen LogP contribution >= 0.6 is 0 Å². The number of piperidine rings is 1. The molecule has 1 fully saturated rings. The van der Waals surface area contributed by atoms with Gasteiger partial charge in [0.2, 0.25) is 21.8 Å². The van der Waals surface area contributed by atoms with E-state index in [9.17, 15) is 18.0 Å². The highest BCUT2D eigenvalue weighted by Crippen LogP contribution is 2.33. The summed E-state index contributed by atoms with van der Waals surface area (Å²) in [6.45, 7) is 6.32. The van der Waals surface area contributed by atoms with E-state index in [1.165, 1.54) is 28.9 Å². The Kier molecular flexibility index (Phi) is 6.81. The zero-order chi connectivity index (χ0) is 22.6. The van der Waals surface area contributed by atoms with Crippen LogP contribution in [0.4, 0.5) is 5.69 Å². The van der Waals surface area contributed by atoms with Crippen molar-refractivity contribution in [1.29, 1.82) is 0 Å². The first-order valence-electron chi connectivity index (χ1n) is 10.3. The van der Waals surface area contributed by atoms with Gasteiger partial charge in [0.15, 0.2) is 0 Å². The molecule has 2 aromatic rings. The maximum absolute atomic E-state index is 13.0.